The van der Waals surface area contributed by atoms with E-state index >= 15 is 0 Å². The van der Waals surface area contributed by atoms with E-state index in [1.54, 1.807) is 0 Å². The molecule has 1 heterocycles. The molecule has 1 rings (SSSR count). The number of likely N-dealkylation sites (N-methyl/N-ethyl adjacent to an activating group) is 1. The summed E-state index contributed by atoms with van der Waals surface area (Å²) in [6.45, 7) is 8.49. The minimum absolute atomic E-state index is 0.702. The number of hydrogen-bond acceptors (Lipinski definition) is 2. The van der Waals surface area contributed by atoms with Crippen LogP contribution in [0.3, 0.4) is 0 Å². The van der Waals surface area contributed by atoms with Gasteiger partial charge in [-0.1, -0.05) is 26.7 Å². The monoisotopic (exact) mass is 212 g/mol. The lowest BCUT2D eigenvalue weighted by molar-refractivity contribution is 0.165. The Kier molecular flexibility index (Phi) is 6.26. The van der Waals surface area contributed by atoms with Crippen molar-refractivity contribution in [2.24, 2.45) is 5.92 Å². The highest BCUT2D eigenvalue weighted by atomic mass is 15.1. The van der Waals surface area contributed by atoms with Gasteiger partial charge in [0.1, 0.15) is 0 Å². The molecule has 0 aromatic heterocycles. The normalized spacial score (nSPS) is 21.8. The molecule has 0 radical (unpaired) electrons. The van der Waals surface area contributed by atoms with E-state index in [2.05, 4.69) is 31.1 Å². The van der Waals surface area contributed by atoms with Crippen LogP contribution in [0.1, 0.15) is 46.0 Å². The van der Waals surface area contributed by atoms with Gasteiger partial charge in [0.2, 0.25) is 0 Å². The van der Waals surface area contributed by atoms with Crippen LogP contribution < -0.4 is 5.32 Å². The lowest BCUT2D eigenvalue weighted by Gasteiger charge is -2.33. The Morgan fingerprint density at radius 2 is 1.93 bits per heavy atom. The van der Waals surface area contributed by atoms with Crippen molar-refractivity contribution in [1.82, 2.24) is 10.2 Å². The molecule has 1 N–H and O–H groups in total. The maximum atomic E-state index is 3.43. The molecule has 15 heavy (non-hydrogen) atoms. The molecule has 0 aromatic rings. The van der Waals surface area contributed by atoms with Crippen LogP contribution in [0.25, 0.3) is 0 Å². The number of likely N-dealkylation sites (tertiary alicyclic amines) is 1. The number of rotatable bonds is 6. The summed E-state index contributed by atoms with van der Waals surface area (Å²) >= 11 is 0. The second kappa shape index (κ2) is 7.24. The molecule has 1 unspecified atom stereocenters. The Bertz CT molecular complexity index is 151. The molecule has 1 saturated heterocycles. The van der Waals surface area contributed by atoms with Crippen LogP contribution in [0.15, 0.2) is 0 Å². The van der Waals surface area contributed by atoms with Crippen molar-refractivity contribution in [3.05, 3.63) is 0 Å². The summed E-state index contributed by atoms with van der Waals surface area (Å²) in [7, 11) is 2.10. The van der Waals surface area contributed by atoms with Gasteiger partial charge in [-0.25, -0.2) is 0 Å². The van der Waals surface area contributed by atoms with E-state index in [9.17, 15) is 0 Å². The topological polar surface area (TPSA) is 15.3 Å². The number of nitrogens with one attached hydrogen (secondary N) is 1. The highest BCUT2D eigenvalue weighted by Gasteiger charge is 2.19. The standard InChI is InChI=1S/C13H28N2/c1-4-6-13(14-3)11-15-9-7-12(5-2)8-10-15/h12-14H,4-11H2,1-3H3. The van der Waals surface area contributed by atoms with Crippen LogP contribution >= 0.6 is 0 Å². The zero-order chi connectivity index (χ0) is 11.1. The molecular formula is C13H28N2. The number of nitrogens with zero attached hydrogens (tertiary/aromatic N) is 1. The second-order valence-corrected chi connectivity index (χ2v) is 4.93. The SMILES string of the molecule is CCCC(CN1CCC(CC)CC1)NC. The summed E-state index contributed by atoms with van der Waals surface area (Å²) in [5, 5.41) is 3.43. The van der Waals surface area contributed by atoms with Gasteiger partial charge < -0.3 is 10.2 Å². The van der Waals surface area contributed by atoms with Crippen molar-refractivity contribution in [3.63, 3.8) is 0 Å². The molecule has 1 fully saturated rings. The van der Waals surface area contributed by atoms with Crippen LogP contribution in [-0.2, 0) is 0 Å². The van der Waals surface area contributed by atoms with Gasteiger partial charge in [0.25, 0.3) is 0 Å². The molecule has 2 nitrogen and oxygen atoms in total. The van der Waals surface area contributed by atoms with E-state index in [0.29, 0.717) is 6.04 Å². The van der Waals surface area contributed by atoms with Gasteiger partial charge in [-0.15, -0.1) is 0 Å². The van der Waals surface area contributed by atoms with Crippen LogP contribution in [0, 0.1) is 5.92 Å². The molecule has 0 amide bonds. The van der Waals surface area contributed by atoms with Crippen molar-refractivity contribution in [1.29, 1.82) is 0 Å². The van der Waals surface area contributed by atoms with E-state index in [-0.39, 0.29) is 0 Å². The minimum Gasteiger partial charge on any atom is -0.316 e. The molecule has 0 saturated carbocycles. The fourth-order valence-corrected chi connectivity index (χ4v) is 2.56. The smallest absolute Gasteiger partial charge is 0.0191 e. The molecule has 0 aromatic carbocycles. The van der Waals surface area contributed by atoms with Crippen molar-refractivity contribution >= 4 is 0 Å². The average molecular weight is 212 g/mol. The highest BCUT2D eigenvalue weighted by molar-refractivity contribution is 4.76. The highest BCUT2D eigenvalue weighted by Crippen LogP contribution is 2.20. The van der Waals surface area contributed by atoms with E-state index in [1.807, 2.05) is 0 Å². The first-order chi connectivity index (χ1) is 7.30. The molecular weight excluding hydrogens is 184 g/mol. The third-order valence-corrected chi connectivity index (χ3v) is 3.81. The second-order valence-electron chi connectivity index (χ2n) is 4.93. The summed E-state index contributed by atoms with van der Waals surface area (Å²) in [5.41, 5.74) is 0. The third-order valence-electron chi connectivity index (χ3n) is 3.81. The van der Waals surface area contributed by atoms with Crippen LogP contribution in [-0.4, -0.2) is 37.6 Å². The molecule has 0 bridgehead atoms. The third kappa shape index (κ3) is 4.52. The van der Waals surface area contributed by atoms with E-state index < -0.39 is 0 Å². The largest absolute Gasteiger partial charge is 0.316 e. The Hall–Kier alpha value is -0.0800. The van der Waals surface area contributed by atoms with Gasteiger partial charge in [-0.05, 0) is 45.3 Å². The summed E-state index contributed by atoms with van der Waals surface area (Å²) < 4.78 is 0. The van der Waals surface area contributed by atoms with E-state index in [1.165, 1.54) is 51.7 Å². The first kappa shape index (κ1) is 13.0. The summed E-state index contributed by atoms with van der Waals surface area (Å²) in [5.74, 6) is 1.00. The number of hydrogen-bond donors (Lipinski definition) is 1. The molecule has 2 heteroatoms. The summed E-state index contributed by atoms with van der Waals surface area (Å²) in [6, 6.07) is 0.702. The zero-order valence-electron chi connectivity index (χ0n) is 10.8. The number of piperidine rings is 1. The zero-order valence-corrected chi connectivity index (χ0v) is 10.8. The molecule has 1 aliphatic heterocycles. The first-order valence-electron chi connectivity index (χ1n) is 6.69. The van der Waals surface area contributed by atoms with Crippen molar-refractivity contribution in [2.45, 2.75) is 52.0 Å². The summed E-state index contributed by atoms with van der Waals surface area (Å²) in [4.78, 5) is 2.64. The first-order valence-corrected chi connectivity index (χ1v) is 6.69. The molecule has 1 atom stereocenters. The van der Waals surface area contributed by atoms with Crippen LogP contribution in [0.4, 0.5) is 0 Å². The Labute approximate surface area is 95.4 Å². The van der Waals surface area contributed by atoms with Crippen LogP contribution in [0.2, 0.25) is 0 Å². The Morgan fingerprint density at radius 1 is 1.27 bits per heavy atom. The molecule has 90 valence electrons. The lowest BCUT2D eigenvalue weighted by Crippen LogP contribution is -2.43. The summed E-state index contributed by atoms with van der Waals surface area (Å²) in [6.07, 6.45) is 6.80. The van der Waals surface area contributed by atoms with E-state index in [4.69, 9.17) is 0 Å². The van der Waals surface area contributed by atoms with Crippen molar-refractivity contribution in [3.8, 4) is 0 Å². The van der Waals surface area contributed by atoms with Crippen LogP contribution in [0.5, 0.6) is 0 Å². The van der Waals surface area contributed by atoms with Crippen molar-refractivity contribution in [2.75, 3.05) is 26.7 Å². The fourth-order valence-electron chi connectivity index (χ4n) is 2.56. The van der Waals surface area contributed by atoms with E-state index in [0.717, 1.165) is 5.92 Å². The van der Waals surface area contributed by atoms with Gasteiger partial charge in [0, 0.05) is 12.6 Å². The fraction of sp³-hybridized carbons (Fsp3) is 1.00. The van der Waals surface area contributed by atoms with Gasteiger partial charge in [0.05, 0.1) is 0 Å². The molecule has 1 aliphatic rings. The minimum atomic E-state index is 0.702. The van der Waals surface area contributed by atoms with Gasteiger partial charge >= 0.3 is 0 Å². The Balaban J connectivity index is 2.21. The van der Waals surface area contributed by atoms with Crippen molar-refractivity contribution < 1.29 is 0 Å². The van der Waals surface area contributed by atoms with Gasteiger partial charge in [-0.3, -0.25) is 0 Å². The predicted octanol–water partition coefficient (Wildman–Crippen LogP) is 2.50. The Morgan fingerprint density at radius 3 is 2.40 bits per heavy atom. The molecule has 0 aliphatic carbocycles. The van der Waals surface area contributed by atoms with Gasteiger partial charge in [-0.2, -0.15) is 0 Å². The maximum Gasteiger partial charge on any atom is 0.0191 e. The average Bonchev–Trinajstić information content (AvgIpc) is 2.29. The lowest BCUT2D eigenvalue weighted by atomic mass is 9.94. The quantitative estimate of drug-likeness (QED) is 0.728. The maximum absolute atomic E-state index is 3.43. The van der Waals surface area contributed by atoms with Gasteiger partial charge in [0.15, 0.2) is 0 Å². The molecule has 0 spiro atoms. The predicted molar refractivity (Wildman–Crippen MR) is 67.2 cm³/mol.